The van der Waals surface area contributed by atoms with Crippen molar-refractivity contribution in [3.8, 4) is 0 Å². The smallest absolute Gasteiger partial charge is 0.274 e. The van der Waals surface area contributed by atoms with Crippen molar-refractivity contribution in [1.82, 2.24) is 15.4 Å². The first-order valence-corrected chi connectivity index (χ1v) is 8.54. The van der Waals surface area contributed by atoms with Crippen LogP contribution in [0.3, 0.4) is 0 Å². The van der Waals surface area contributed by atoms with E-state index >= 15 is 0 Å². The Morgan fingerprint density at radius 1 is 1.12 bits per heavy atom. The van der Waals surface area contributed by atoms with Crippen molar-refractivity contribution in [2.45, 2.75) is 19.4 Å². The highest BCUT2D eigenvalue weighted by Gasteiger charge is 2.22. The summed E-state index contributed by atoms with van der Waals surface area (Å²) in [6.07, 6.45) is 1.08. The molecule has 4 rings (SSSR count). The molecule has 0 spiro atoms. The maximum atomic E-state index is 12.7. The van der Waals surface area contributed by atoms with Crippen LogP contribution >= 0.6 is 0 Å². The number of para-hydroxylation sites is 1. The van der Waals surface area contributed by atoms with Gasteiger partial charge in [-0.05, 0) is 47.2 Å². The molecule has 6 nitrogen and oxygen atoms in total. The molecule has 3 N–H and O–H groups in total. The zero-order valence-corrected chi connectivity index (χ0v) is 14.2. The van der Waals surface area contributed by atoms with Crippen LogP contribution in [0.5, 0.6) is 0 Å². The van der Waals surface area contributed by atoms with Crippen molar-refractivity contribution in [3.63, 3.8) is 0 Å². The molecule has 2 aromatic carbocycles. The zero-order valence-electron chi connectivity index (χ0n) is 14.2. The SMILES string of the molecule is O=C(NO)c1ccc2c(c1)CN(C(=O)Cc1cc3ccccc3[nH]1)CC2. The maximum Gasteiger partial charge on any atom is 0.274 e. The molecule has 0 aliphatic carbocycles. The van der Waals surface area contributed by atoms with E-state index < -0.39 is 5.91 Å². The number of H-pyrrole nitrogens is 1. The first kappa shape index (κ1) is 16.4. The molecule has 1 aliphatic rings. The van der Waals surface area contributed by atoms with E-state index in [1.165, 1.54) is 0 Å². The Hall–Kier alpha value is -3.12. The average molecular weight is 349 g/mol. The van der Waals surface area contributed by atoms with Gasteiger partial charge in [-0.25, -0.2) is 5.48 Å². The van der Waals surface area contributed by atoms with E-state index in [0.717, 1.165) is 34.1 Å². The van der Waals surface area contributed by atoms with Crippen molar-refractivity contribution >= 4 is 22.7 Å². The van der Waals surface area contributed by atoms with E-state index in [9.17, 15) is 9.59 Å². The molecule has 0 radical (unpaired) electrons. The second-order valence-electron chi connectivity index (χ2n) is 6.55. The first-order chi connectivity index (χ1) is 12.6. The summed E-state index contributed by atoms with van der Waals surface area (Å²) in [6.45, 7) is 1.14. The average Bonchev–Trinajstić information content (AvgIpc) is 3.08. The lowest BCUT2D eigenvalue weighted by Gasteiger charge is -2.29. The van der Waals surface area contributed by atoms with Crippen LogP contribution in [0.15, 0.2) is 48.5 Å². The number of carbonyl (C=O) groups is 2. The third-order valence-corrected chi connectivity index (χ3v) is 4.86. The number of aromatic nitrogens is 1. The number of hydroxylamine groups is 1. The van der Waals surface area contributed by atoms with Crippen LogP contribution in [0.2, 0.25) is 0 Å². The highest BCUT2D eigenvalue weighted by Crippen LogP contribution is 2.22. The van der Waals surface area contributed by atoms with Gasteiger partial charge < -0.3 is 9.88 Å². The van der Waals surface area contributed by atoms with Gasteiger partial charge in [-0.2, -0.15) is 0 Å². The van der Waals surface area contributed by atoms with Crippen LogP contribution in [0.4, 0.5) is 0 Å². The van der Waals surface area contributed by atoms with Crippen molar-refractivity contribution in [1.29, 1.82) is 0 Å². The topological polar surface area (TPSA) is 85.4 Å². The van der Waals surface area contributed by atoms with Gasteiger partial charge in [0.25, 0.3) is 5.91 Å². The highest BCUT2D eigenvalue weighted by molar-refractivity contribution is 5.93. The standard InChI is InChI=1S/C20H19N3O3/c24-19(11-17-10-14-3-1-2-4-18(14)21-17)23-8-7-13-5-6-15(20(25)22-26)9-16(13)12-23/h1-6,9-10,21,26H,7-8,11-12H2,(H,22,25). The number of amides is 2. The summed E-state index contributed by atoms with van der Waals surface area (Å²) in [5, 5.41) is 9.89. The Kier molecular flexibility index (Phi) is 4.18. The quantitative estimate of drug-likeness (QED) is 0.501. The van der Waals surface area contributed by atoms with Crippen LogP contribution in [0.25, 0.3) is 10.9 Å². The Morgan fingerprint density at radius 3 is 2.77 bits per heavy atom. The third-order valence-electron chi connectivity index (χ3n) is 4.86. The molecule has 26 heavy (non-hydrogen) atoms. The van der Waals surface area contributed by atoms with E-state index in [-0.39, 0.29) is 5.91 Å². The van der Waals surface area contributed by atoms with E-state index in [1.54, 1.807) is 17.6 Å². The Morgan fingerprint density at radius 2 is 1.96 bits per heavy atom. The van der Waals surface area contributed by atoms with Crippen LogP contribution < -0.4 is 5.48 Å². The summed E-state index contributed by atoms with van der Waals surface area (Å²) in [5.74, 6) is -0.492. The number of aromatic amines is 1. The van der Waals surface area contributed by atoms with Crippen LogP contribution in [-0.4, -0.2) is 33.5 Å². The lowest BCUT2D eigenvalue weighted by atomic mass is 9.97. The minimum absolute atomic E-state index is 0.0548. The fourth-order valence-corrected chi connectivity index (χ4v) is 3.48. The lowest BCUT2D eigenvalue weighted by Crippen LogP contribution is -2.37. The number of nitrogens with one attached hydrogen (secondary N) is 2. The van der Waals surface area contributed by atoms with Crippen molar-refractivity contribution in [3.05, 3.63) is 70.9 Å². The van der Waals surface area contributed by atoms with Gasteiger partial charge in [0.15, 0.2) is 0 Å². The molecule has 1 aromatic heterocycles. The number of benzene rings is 2. The lowest BCUT2D eigenvalue weighted by molar-refractivity contribution is -0.131. The normalized spacial score (nSPS) is 13.5. The van der Waals surface area contributed by atoms with Crippen LogP contribution in [0, 0.1) is 0 Å². The van der Waals surface area contributed by atoms with Gasteiger partial charge in [0.1, 0.15) is 0 Å². The number of hydrogen-bond donors (Lipinski definition) is 3. The molecular formula is C20H19N3O3. The fourth-order valence-electron chi connectivity index (χ4n) is 3.48. The van der Waals surface area contributed by atoms with Gasteiger partial charge in [-0.15, -0.1) is 0 Å². The van der Waals surface area contributed by atoms with Crippen molar-refractivity contribution < 1.29 is 14.8 Å². The maximum absolute atomic E-state index is 12.7. The van der Waals surface area contributed by atoms with Gasteiger partial charge in [0.05, 0.1) is 6.42 Å². The molecule has 1 aliphatic heterocycles. The minimum Gasteiger partial charge on any atom is -0.358 e. The molecule has 2 heterocycles. The molecule has 0 bridgehead atoms. The largest absolute Gasteiger partial charge is 0.358 e. The third kappa shape index (κ3) is 3.07. The molecule has 6 heteroatoms. The van der Waals surface area contributed by atoms with Crippen molar-refractivity contribution in [2.75, 3.05) is 6.54 Å². The molecule has 0 fully saturated rings. The Bertz CT molecular complexity index is 960. The molecule has 0 unspecified atom stereocenters. The number of nitrogens with zero attached hydrogens (tertiary/aromatic N) is 1. The molecule has 0 saturated heterocycles. The van der Waals surface area contributed by atoms with E-state index in [4.69, 9.17) is 5.21 Å². The zero-order chi connectivity index (χ0) is 18.1. The number of hydrogen-bond acceptors (Lipinski definition) is 3. The summed E-state index contributed by atoms with van der Waals surface area (Å²) >= 11 is 0. The minimum atomic E-state index is -0.547. The first-order valence-electron chi connectivity index (χ1n) is 8.54. The predicted octanol–water partition coefficient (Wildman–Crippen LogP) is 2.41. The van der Waals surface area contributed by atoms with Crippen LogP contribution in [-0.2, 0) is 24.2 Å². The van der Waals surface area contributed by atoms with E-state index in [0.29, 0.717) is 25.1 Å². The summed E-state index contributed by atoms with van der Waals surface area (Å²) < 4.78 is 0. The number of fused-ring (bicyclic) bond motifs is 2. The molecule has 0 saturated carbocycles. The summed E-state index contributed by atoms with van der Waals surface area (Å²) in [7, 11) is 0. The summed E-state index contributed by atoms with van der Waals surface area (Å²) in [6, 6.07) is 15.3. The van der Waals surface area contributed by atoms with Gasteiger partial charge in [-0.3, -0.25) is 14.8 Å². The van der Waals surface area contributed by atoms with Gasteiger partial charge in [0.2, 0.25) is 5.91 Å². The molecule has 132 valence electrons. The number of carbonyl (C=O) groups excluding carboxylic acids is 2. The molecule has 2 amide bonds. The molecule has 0 atom stereocenters. The fraction of sp³-hybridized carbons (Fsp3) is 0.200. The van der Waals surface area contributed by atoms with E-state index in [2.05, 4.69) is 4.98 Å². The highest BCUT2D eigenvalue weighted by atomic mass is 16.5. The Labute approximate surface area is 150 Å². The number of rotatable bonds is 3. The van der Waals surface area contributed by atoms with Gasteiger partial charge in [0, 0.05) is 29.9 Å². The van der Waals surface area contributed by atoms with E-state index in [1.807, 2.05) is 41.3 Å². The second-order valence-corrected chi connectivity index (χ2v) is 6.55. The molecular weight excluding hydrogens is 330 g/mol. The summed E-state index contributed by atoms with van der Waals surface area (Å²) in [4.78, 5) is 29.4. The molecule has 3 aromatic rings. The second kappa shape index (κ2) is 6.65. The Balaban J connectivity index is 1.50. The predicted molar refractivity (Wildman–Crippen MR) is 96.8 cm³/mol. The van der Waals surface area contributed by atoms with Crippen molar-refractivity contribution in [2.24, 2.45) is 0 Å². The summed E-state index contributed by atoms with van der Waals surface area (Å²) in [5.41, 5.74) is 6.03. The monoisotopic (exact) mass is 349 g/mol. The van der Waals surface area contributed by atoms with Gasteiger partial charge >= 0.3 is 0 Å². The van der Waals surface area contributed by atoms with Crippen LogP contribution in [0.1, 0.15) is 27.2 Å². The van der Waals surface area contributed by atoms with Gasteiger partial charge in [-0.1, -0.05) is 24.3 Å².